The fourth-order valence-electron chi connectivity index (χ4n) is 1.86. The number of anilines is 2. The highest BCUT2D eigenvalue weighted by Gasteiger charge is 2.07. The summed E-state index contributed by atoms with van der Waals surface area (Å²) in [4.78, 5) is 18.2. The maximum absolute atomic E-state index is 12.1. The van der Waals surface area contributed by atoms with E-state index in [-0.39, 0.29) is 5.91 Å². The lowest BCUT2D eigenvalue weighted by molar-refractivity contribution is 0.0950. The van der Waals surface area contributed by atoms with Gasteiger partial charge in [-0.3, -0.25) is 9.78 Å². The summed E-state index contributed by atoms with van der Waals surface area (Å²) >= 11 is 3.43. The van der Waals surface area contributed by atoms with Crippen molar-refractivity contribution in [3.05, 3.63) is 52.8 Å². The molecule has 0 fully saturated rings. The second kappa shape index (κ2) is 7.91. The molecule has 0 saturated heterocycles. The van der Waals surface area contributed by atoms with Crippen LogP contribution in [0.25, 0.3) is 0 Å². The molecule has 6 heteroatoms. The summed E-state index contributed by atoms with van der Waals surface area (Å²) in [5.41, 5.74) is 2.25. The predicted octanol–water partition coefficient (Wildman–Crippen LogP) is 2.88. The Morgan fingerprint density at radius 2 is 2.05 bits per heavy atom. The first-order valence-corrected chi connectivity index (χ1v) is 7.74. The molecule has 0 aliphatic carbocycles. The van der Waals surface area contributed by atoms with Gasteiger partial charge in [-0.15, -0.1) is 0 Å². The maximum Gasteiger partial charge on any atom is 0.252 e. The van der Waals surface area contributed by atoms with E-state index in [0.717, 1.165) is 22.4 Å². The lowest BCUT2D eigenvalue weighted by Gasteiger charge is -2.11. The summed E-state index contributed by atoms with van der Waals surface area (Å²) in [6, 6.07) is 9.60. The first-order chi connectivity index (χ1) is 10.5. The zero-order valence-electron chi connectivity index (χ0n) is 12.6. The number of hydrogen-bond acceptors (Lipinski definition) is 4. The highest BCUT2D eigenvalue weighted by atomic mass is 79.9. The van der Waals surface area contributed by atoms with E-state index in [9.17, 15) is 4.79 Å². The molecule has 0 unspecified atom stereocenters. The molecule has 0 spiro atoms. The Hall–Kier alpha value is -1.92. The van der Waals surface area contributed by atoms with E-state index < -0.39 is 0 Å². The van der Waals surface area contributed by atoms with Crippen LogP contribution in [-0.4, -0.2) is 43.0 Å². The van der Waals surface area contributed by atoms with Crippen LogP contribution in [0, 0.1) is 0 Å². The summed E-state index contributed by atoms with van der Waals surface area (Å²) in [6.07, 6.45) is 3.26. The average Bonchev–Trinajstić information content (AvgIpc) is 2.47. The molecule has 0 bridgehead atoms. The minimum atomic E-state index is -0.118. The number of carbonyl (C=O) groups is 1. The van der Waals surface area contributed by atoms with Crippen molar-refractivity contribution < 1.29 is 4.79 Å². The zero-order chi connectivity index (χ0) is 15.9. The number of benzene rings is 1. The van der Waals surface area contributed by atoms with Crippen molar-refractivity contribution in [2.75, 3.05) is 32.5 Å². The van der Waals surface area contributed by atoms with E-state index in [0.29, 0.717) is 12.1 Å². The Kier molecular flexibility index (Phi) is 5.91. The van der Waals surface area contributed by atoms with Gasteiger partial charge in [0.1, 0.15) is 0 Å². The molecular weight excluding hydrogens is 344 g/mol. The molecule has 0 aliphatic heterocycles. The highest BCUT2D eigenvalue weighted by Crippen LogP contribution is 2.20. The second-order valence-corrected chi connectivity index (χ2v) is 6.07. The van der Waals surface area contributed by atoms with Crippen LogP contribution in [0.15, 0.2) is 47.2 Å². The minimum absolute atomic E-state index is 0.118. The van der Waals surface area contributed by atoms with Crippen LogP contribution in [0.4, 0.5) is 11.4 Å². The van der Waals surface area contributed by atoms with E-state index in [1.54, 1.807) is 18.5 Å². The van der Waals surface area contributed by atoms with Crippen molar-refractivity contribution in [3.8, 4) is 0 Å². The lowest BCUT2D eigenvalue weighted by atomic mass is 10.2. The highest BCUT2D eigenvalue weighted by molar-refractivity contribution is 9.10. The predicted molar refractivity (Wildman–Crippen MR) is 92.5 cm³/mol. The van der Waals surface area contributed by atoms with Gasteiger partial charge in [0.05, 0.1) is 17.4 Å². The van der Waals surface area contributed by atoms with E-state index >= 15 is 0 Å². The quantitative estimate of drug-likeness (QED) is 0.829. The number of nitrogens with one attached hydrogen (secondary N) is 2. The Balaban J connectivity index is 2.01. The first-order valence-electron chi connectivity index (χ1n) is 6.95. The smallest absolute Gasteiger partial charge is 0.252 e. The molecule has 0 atom stereocenters. The zero-order valence-corrected chi connectivity index (χ0v) is 14.2. The molecule has 2 aromatic rings. The van der Waals surface area contributed by atoms with Crippen LogP contribution in [0.5, 0.6) is 0 Å². The molecule has 2 N–H and O–H groups in total. The van der Waals surface area contributed by atoms with Crippen molar-refractivity contribution >= 4 is 33.2 Å². The van der Waals surface area contributed by atoms with Crippen LogP contribution < -0.4 is 10.6 Å². The number of amides is 1. The fraction of sp³-hybridized carbons (Fsp3) is 0.250. The SMILES string of the molecule is CN(C)CCNC(=O)c1cncc(Nc2cccc(Br)c2)c1. The van der Waals surface area contributed by atoms with Gasteiger partial charge < -0.3 is 15.5 Å². The van der Waals surface area contributed by atoms with Crippen molar-refractivity contribution in [1.29, 1.82) is 0 Å². The molecule has 1 amide bonds. The molecule has 22 heavy (non-hydrogen) atoms. The Bertz CT molecular complexity index is 646. The van der Waals surface area contributed by atoms with Gasteiger partial charge in [0.25, 0.3) is 5.91 Å². The number of carbonyl (C=O) groups excluding carboxylic acids is 1. The molecule has 116 valence electrons. The molecule has 0 radical (unpaired) electrons. The number of aromatic nitrogens is 1. The molecule has 0 saturated carbocycles. The summed E-state index contributed by atoms with van der Waals surface area (Å²) < 4.78 is 0.989. The van der Waals surface area contributed by atoms with Gasteiger partial charge >= 0.3 is 0 Å². The maximum atomic E-state index is 12.1. The number of halogens is 1. The number of likely N-dealkylation sites (N-methyl/N-ethyl adjacent to an activating group) is 1. The first kappa shape index (κ1) is 16.5. The van der Waals surface area contributed by atoms with Gasteiger partial charge in [0.15, 0.2) is 0 Å². The normalized spacial score (nSPS) is 10.5. The molecule has 1 heterocycles. The second-order valence-electron chi connectivity index (χ2n) is 5.16. The van der Waals surface area contributed by atoms with Crippen molar-refractivity contribution in [3.63, 3.8) is 0 Å². The standard InChI is InChI=1S/C16H19BrN4O/c1-21(2)7-6-19-16(22)12-8-15(11-18-10-12)20-14-5-3-4-13(17)9-14/h3-5,8-11,20H,6-7H2,1-2H3,(H,19,22). The molecule has 5 nitrogen and oxygen atoms in total. The van der Waals surface area contributed by atoms with Crippen LogP contribution in [0.2, 0.25) is 0 Å². The van der Waals surface area contributed by atoms with Crippen molar-refractivity contribution in [2.24, 2.45) is 0 Å². The molecule has 0 aliphatic rings. The number of hydrogen-bond donors (Lipinski definition) is 2. The Morgan fingerprint density at radius 1 is 1.23 bits per heavy atom. The number of pyridine rings is 1. The fourth-order valence-corrected chi connectivity index (χ4v) is 2.26. The van der Waals surface area contributed by atoms with Gasteiger partial charge in [-0.2, -0.15) is 0 Å². The third kappa shape index (κ3) is 5.13. The van der Waals surface area contributed by atoms with Crippen LogP contribution >= 0.6 is 15.9 Å². The topological polar surface area (TPSA) is 57.3 Å². The van der Waals surface area contributed by atoms with Gasteiger partial charge in [-0.1, -0.05) is 22.0 Å². The molecule has 2 rings (SSSR count). The average molecular weight is 363 g/mol. The van der Waals surface area contributed by atoms with Gasteiger partial charge in [0.2, 0.25) is 0 Å². The van der Waals surface area contributed by atoms with E-state index in [1.165, 1.54) is 0 Å². The third-order valence-corrected chi connectivity index (χ3v) is 3.45. The molecule has 1 aromatic heterocycles. The number of nitrogens with zero attached hydrogens (tertiary/aromatic N) is 2. The van der Waals surface area contributed by atoms with Gasteiger partial charge in [0, 0.05) is 29.4 Å². The molecule has 1 aromatic carbocycles. The van der Waals surface area contributed by atoms with Crippen molar-refractivity contribution in [1.82, 2.24) is 15.2 Å². The monoisotopic (exact) mass is 362 g/mol. The summed E-state index contributed by atoms with van der Waals surface area (Å²) in [7, 11) is 3.94. The Morgan fingerprint density at radius 3 is 2.77 bits per heavy atom. The van der Waals surface area contributed by atoms with Crippen LogP contribution in [-0.2, 0) is 0 Å². The number of rotatable bonds is 6. The van der Waals surface area contributed by atoms with E-state index in [2.05, 4.69) is 31.5 Å². The van der Waals surface area contributed by atoms with Crippen molar-refractivity contribution in [2.45, 2.75) is 0 Å². The Labute approximate surface area is 138 Å². The summed E-state index contributed by atoms with van der Waals surface area (Å²) in [5.74, 6) is -0.118. The van der Waals surface area contributed by atoms with E-state index in [4.69, 9.17) is 0 Å². The van der Waals surface area contributed by atoms with E-state index in [1.807, 2.05) is 43.3 Å². The van der Waals surface area contributed by atoms with Gasteiger partial charge in [-0.05, 0) is 38.4 Å². The largest absolute Gasteiger partial charge is 0.354 e. The molecular formula is C16H19BrN4O. The summed E-state index contributed by atoms with van der Waals surface area (Å²) in [6.45, 7) is 1.41. The lowest BCUT2D eigenvalue weighted by Crippen LogP contribution is -2.31. The summed E-state index contributed by atoms with van der Waals surface area (Å²) in [5, 5.41) is 6.11. The van der Waals surface area contributed by atoms with Gasteiger partial charge in [-0.25, -0.2) is 0 Å². The van der Waals surface area contributed by atoms with Crippen LogP contribution in [0.3, 0.4) is 0 Å². The minimum Gasteiger partial charge on any atom is -0.354 e. The van der Waals surface area contributed by atoms with Crippen LogP contribution in [0.1, 0.15) is 10.4 Å². The third-order valence-electron chi connectivity index (χ3n) is 2.96.